The average molecular weight is 328 g/mol. The lowest BCUT2D eigenvalue weighted by atomic mass is 10.2. The van der Waals surface area contributed by atoms with Crippen LogP contribution in [0.1, 0.15) is 10.9 Å². The highest BCUT2D eigenvalue weighted by atomic mass is 32.2. The van der Waals surface area contributed by atoms with Crippen LogP contribution in [0.4, 0.5) is 14.9 Å². The first-order valence-corrected chi connectivity index (χ1v) is 8.30. The van der Waals surface area contributed by atoms with E-state index in [0.29, 0.717) is 11.4 Å². The second-order valence-electron chi connectivity index (χ2n) is 5.45. The second kappa shape index (κ2) is 5.38. The second-order valence-corrected chi connectivity index (χ2v) is 6.57. The Bertz CT molecular complexity index is 766. The minimum atomic E-state index is -0.456. The predicted octanol–water partition coefficient (Wildman–Crippen LogP) is 3.41. The van der Waals surface area contributed by atoms with E-state index in [-0.39, 0.29) is 23.1 Å². The fourth-order valence-corrected chi connectivity index (χ4v) is 4.40. The van der Waals surface area contributed by atoms with Crippen LogP contribution in [0.5, 0.6) is 0 Å². The highest BCUT2D eigenvalue weighted by molar-refractivity contribution is 7.99. The molecule has 0 bridgehead atoms. The number of thioether (sulfide) groups is 1. The molecule has 4 nitrogen and oxygen atoms in total. The van der Waals surface area contributed by atoms with Gasteiger partial charge in [-0.15, -0.1) is 11.8 Å². The largest absolute Gasteiger partial charge is 0.333 e. The number of hydrogen-bond donors (Lipinski definition) is 0. The number of amides is 3. The monoisotopic (exact) mass is 328 g/mol. The summed E-state index contributed by atoms with van der Waals surface area (Å²) in [4.78, 5) is 28.3. The first-order chi connectivity index (χ1) is 11.2. The van der Waals surface area contributed by atoms with Gasteiger partial charge in [-0.3, -0.25) is 9.69 Å². The third-order valence-electron chi connectivity index (χ3n) is 4.09. The number of nitrogens with zero attached hydrogens (tertiary/aromatic N) is 2. The van der Waals surface area contributed by atoms with Gasteiger partial charge in [-0.1, -0.05) is 30.3 Å². The zero-order valence-corrected chi connectivity index (χ0v) is 12.9. The fraction of sp³-hybridized carbons (Fsp3) is 0.176. The molecule has 2 aliphatic rings. The van der Waals surface area contributed by atoms with E-state index in [1.807, 2.05) is 6.07 Å². The van der Waals surface area contributed by atoms with Crippen LogP contribution >= 0.6 is 11.8 Å². The van der Waals surface area contributed by atoms with Crippen LogP contribution in [0.3, 0.4) is 0 Å². The van der Waals surface area contributed by atoms with Gasteiger partial charge in [0.25, 0.3) is 5.91 Å². The van der Waals surface area contributed by atoms with Gasteiger partial charge in [0, 0.05) is 5.75 Å². The van der Waals surface area contributed by atoms with Crippen molar-refractivity contribution >= 4 is 29.4 Å². The van der Waals surface area contributed by atoms with Gasteiger partial charge >= 0.3 is 6.03 Å². The number of rotatable bonds is 2. The highest BCUT2D eigenvalue weighted by Gasteiger charge is 2.53. The number of carbonyl (C=O) groups is 2. The van der Waals surface area contributed by atoms with E-state index in [2.05, 4.69) is 0 Å². The molecule has 0 aromatic heterocycles. The van der Waals surface area contributed by atoms with Gasteiger partial charge < -0.3 is 0 Å². The summed E-state index contributed by atoms with van der Waals surface area (Å²) in [5.41, 5.74) is 1.41. The Hall–Kier alpha value is -2.34. The smallest absolute Gasteiger partial charge is 0.295 e. The summed E-state index contributed by atoms with van der Waals surface area (Å²) in [6.45, 7) is 0. The van der Waals surface area contributed by atoms with Gasteiger partial charge in [-0.25, -0.2) is 14.1 Å². The summed E-state index contributed by atoms with van der Waals surface area (Å²) >= 11 is 1.53. The van der Waals surface area contributed by atoms with Crippen molar-refractivity contribution in [1.82, 2.24) is 4.90 Å². The van der Waals surface area contributed by atoms with Crippen LogP contribution in [0.25, 0.3) is 0 Å². The Kier molecular flexibility index (Phi) is 3.34. The van der Waals surface area contributed by atoms with Crippen molar-refractivity contribution in [2.75, 3.05) is 10.7 Å². The number of hydrogen-bond acceptors (Lipinski definition) is 3. The standard InChI is InChI=1S/C17H13FN2O2S/c18-12-8-6-11(7-9-12)16-20-14(10-23-16)15(21)19(17(20)22)13-4-2-1-3-5-13/h1-9,14,16H,10H2/t14-,16?/m0/s1. The molecule has 2 saturated heterocycles. The summed E-state index contributed by atoms with van der Waals surface area (Å²) in [6, 6.07) is 14.2. The molecule has 1 unspecified atom stereocenters. The molecule has 0 aliphatic carbocycles. The average Bonchev–Trinajstić information content (AvgIpc) is 3.10. The van der Waals surface area contributed by atoms with Gasteiger partial charge in [-0.2, -0.15) is 0 Å². The quantitative estimate of drug-likeness (QED) is 0.793. The van der Waals surface area contributed by atoms with Crippen LogP contribution in [0.15, 0.2) is 54.6 Å². The number of fused-ring (bicyclic) bond motifs is 1. The first-order valence-electron chi connectivity index (χ1n) is 7.25. The lowest BCUT2D eigenvalue weighted by molar-refractivity contribution is -0.119. The molecule has 116 valence electrons. The van der Waals surface area contributed by atoms with E-state index in [4.69, 9.17) is 0 Å². The molecule has 2 aromatic carbocycles. The molecule has 2 heterocycles. The molecule has 3 amide bonds. The van der Waals surface area contributed by atoms with Crippen molar-refractivity contribution in [3.05, 3.63) is 66.0 Å². The number of urea groups is 1. The van der Waals surface area contributed by atoms with Crippen molar-refractivity contribution in [1.29, 1.82) is 0 Å². The summed E-state index contributed by atoms with van der Waals surface area (Å²) < 4.78 is 13.1. The zero-order valence-electron chi connectivity index (χ0n) is 12.1. The van der Waals surface area contributed by atoms with Crippen LogP contribution in [0.2, 0.25) is 0 Å². The van der Waals surface area contributed by atoms with Crippen molar-refractivity contribution in [3.8, 4) is 0 Å². The third kappa shape index (κ3) is 2.21. The molecule has 0 radical (unpaired) electrons. The maximum Gasteiger partial charge on any atom is 0.333 e. The normalized spacial score (nSPS) is 23.5. The van der Waals surface area contributed by atoms with Crippen molar-refractivity contribution in [3.63, 3.8) is 0 Å². The summed E-state index contributed by atoms with van der Waals surface area (Å²) in [7, 11) is 0. The van der Waals surface area contributed by atoms with Gasteiger partial charge in [0.1, 0.15) is 17.2 Å². The minimum Gasteiger partial charge on any atom is -0.295 e. The molecule has 2 aromatic rings. The van der Waals surface area contributed by atoms with E-state index in [0.717, 1.165) is 5.56 Å². The third-order valence-corrected chi connectivity index (χ3v) is 5.41. The van der Waals surface area contributed by atoms with Crippen LogP contribution in [0, 0.1) is 5.82 Å². The van der Waals surface area contributed by atoms with E-state index in [1.54, 1.807) is 41.3 Å². The number of anilines is 1. The summed E-state index contributed by atoms with van der Waals surface area (Å²) in [5.74, 6) is 0.0389. The lowest BCUT2D eigenvalue weighted by Crippen LogP contribution is -2.33. The highest BCUT2D eigenvalue weighted by Crippen LogP contribution is 2.45. The Morgan fingerprint density at radius 3 is 2.39 bits per heavy atom. The summed E-state index contributed by atoms with van der Waals surface area (Å²) in [6.07, 6.45) is 0. The van der Waals surface area contributed by atoms with Crippen molar-refractivity contribution in [2.24, 2.45) is 0 Å². The maximum absolute atomic E-state index is 13.1. The van der Waals surface area contributed by atoms with Crippen LogP contribution in [-0.4, -0.2) is 28.6 Å². The Balaban J connectivity index is 1.68. The number of benzene rings is 2. The molecule has 4 rings (SSSR count). The molecule has 2 atom stereocenters. The van der Waals surface area contributed by atoms with Crippen molar-refractivity contribution in [2.45, 2.75) is 11.4 Å². The molecule has 23 heavy (non-hydrogen) atoms. The lowest BCUT2D eigenvalue weighted by Gasteiger charge is -2.23. The van der Waals surface area contributed by atoms with Gasteiger partial charge in [0.2, 0.25) is 0 Å². The molecule has 0 saturated carbocycles. The number of para-hydroxylation sites is 1. The molecular formula is C17H13FN2O2S. The van der Waals surface area contributed by atoms with E-state index >= 15 is 0 Å². The first kappa shape index (κ1) is 14.3. The van der Waals surface area contributed by atoms with E-state index in [1.165, 1.54) is 28.8 Å². The predicted molar refractivity (Wildman–Crippen MR) is 86.6 cm³/mol. The molecule has 0 N–H and O–H groups in total. The molecule has 6 heteroatoms. The Morgan fingerprint density at radius 1 is 1.00 bits per heavy atom. The van der Waals surface area contributed by atoms with Crippen LogP contribution in [-0.2, 0) is 4.79 Å². The van der Waals surface area contributed by atoms with Crippen LogP contribution < -0.4 is 4.90 Å². The van der Waals surface area contributed by atoms with Gasteiger partial charge in [-0.05, 0) is 29.8 Å². The van der Waals surface area contributed by atoms with Crippen molar-refractivity contribution < 1.29 is 14.0 Å². The maximum atomic E-state index is 13.1. The molecule has 2 aliphatic heterocycles. The number of carbonyl (C=O) groups excluding carboxylic acids is 2. The molecule has 0 spiro atoms. The minimum absolute atomic E-state index is 0.196. The molecular weight excluding hydrogens is 315 g/mol. The van der Waals surface area contributed by atoms with E-state index in [9.17, 15) is 14.0 Å². The SMILES string of the molecule is O=C1[C@@H]2CSC(c3ccc(F)cc3)N2C(=O)N1c1ccccc1. The Morgan fingerprint density at radius 2 is 1.70 bits per heavy atom. The Labute approximate surface area is 136 Å². The van der Waals surface area contributed by atoms with Gasteiger partial charge in [0.15, 0.2) is 0 Å². The summed E-state index contributed by atoms with van der Waals surface area (Å²) in [5, 5.41) is -0.259. The topological polar surface area (TPSA) is 40.6 Å². The number of imide groups is 1. The number of halogens is 1. The molecule has 2 fully saturated rings. The van der Waals surface area contributed by atoms with Gasteiger partial charge in [0.05, 0.1) is 5.69 Å². The zero-order chi connectivity index (χ0) is 16.0. The fourth-order valence-electron chi connectivity index (χ4n) is 2.99. The van der Waals surface area contributed by atoms with E-state index < -0.39 is 6.04 Å².